The minimum absolute atomic E-state index is 0.263. The number of carbonyl (C=O) groups excluding carboxylic acids is 1. The number of allylic oxidation sites excluding steroid dienone is 2. The maximum Gasteiger partial charge on any atom is 0.158 e. The van der Waals surface area contributed by atoms with Gasteiger partial charge in [-0.2, -0.15) is 0 Å². The smallest absolute Gasteiger partial charge is 0.158 e. The summed E-state index contributed by atoms with van der Waals surface area (Å²) >= 11 is 0. The Balaban J connectivity index is 2.51. The van der Waals surface area contributed by atoms with Gasteiger partial charge in [0.1, 0.15) is 0 Å². The Morgan fingerprint density at radius 3 is 2.67 bits per heavy atom. The van der Waals surface area contributed by atoms with E-state index in [0.29, 0.717) is 6.42 Å². The van der Waals surface area contributed by atoms with Crippen LogP contribution in [0.25, 0.3) is 5.57 Å². The van der Waals surface area contributed by atoms with E-state index in [-0.39, 0.29) is 5.78 Å². The van der Waals surface area contributed by atoms with Crippen molar-refractivity contribution >= 4 is 17.0 Å². The highest BCUT2D eigenvalue weighted by atomic mass is 16.1. The number of hydrogen-bond acceptors (Lipinski definition) is 2. The molecule has 0 saturated carbocycles. The zero-order valence-corrected chi connectivity index (χ0v) is 8.92. The molecule has 1 aromatic carbocycles. The molecular weight excluding hydrogens is 186 g/mol. The first kappa shape index (κ1) is 9.97. The monoisotopic (exact) mass is 201 g/mol. The largest absolute Gasteiger partial charge is 0.398 e. The average Bonchev–Trinajstić information content (AvgIpc) is 2.23. The Kier molecular flexibility index (Phi) is 2.58. The summed E-state index contributed by atoms with van der Waals surface area (Å²) in [5, 5.41) is 0. The van der Waals surface area contributed by atoms with Crippen molar-refractivity contribution in [1.82, 2.24) is 0 Å². The average molecular weight is 201 g/mol. The summed E-state index contributed by atoms with van der Waals surface area (Å²) < 4.78 is 0. The quantitative estimate of drug-likeness (QED) is 0.710. The number of carbonyl (C=O) groups is 1. The van der Waals surface area contributed by atoms with Crippen LogP contribution in [0.3, 0.4) is 0 Å². The molecule has 0 aromatic heterocycles. The third-order valence-electron chi connectivity index (χ3n) is 2.99. The molecule has 0 saturated heterocycles. The lowest BCUT2D eigenvalue weighted by molar-refractivity contribution is -0.115. The van der Waals surface area contributed by atoms with Gasteiger partial charge in [0.15, 0.2) is 5.78 Å². The van der Waals surface area contributed by atoms with E-state index in [2.05, 4.69) is 0 Å². The molecule has 2 nitrogen and oxygen atoms in total. The minimum atomic E-state index is 0.263. The molecule has 0 unspecified atom stereocenters. The highest BCUT2D eigenvalue weighted by Gasteiger charge is 2.18. The van der Waals surface area contributed by atoms with Gasteiger partial charge in [-0.3, -0.25) is 4.79 Å². The summed E-state index contributed by atoms with van der Waals surface area (Å²) in [5.74, 6) is 0.263. The van der Waals surface area contributed by atoms with E-state index in [1.807, 2.05) is 31.2 Å². The molecule has 0 bridgehead atoms. The molecule has 1 aromatic rings. The minimum Gasteiger partial charge on any atom is -0.398 e. The van der Waals surface area contributed by atoms with Crippen molar-refractivity contribution in [2.24, 2.45) is 0 Å². The predicted molar refractivity (Wildman–Crippen MR) is 62.3 cm³/mol. The number of ketones is 1. The Morgan fingerprint density at radius 1 is 1.20 bits per heavy atom. The van der Waals surface area contributed by atoms with Crippen LogP contribution in [0.2, 0.25) is 0 Å². The zero-order valence-electron chi connectivity index (χ0n) is 8.92. The zero-order chi connectivity index (χ0) is 10.8. The molecular formula is C13H15NO. The second kappa shape index (κ2) is 3.89. The van der Waals surface area contributed by atoms with Gasteiger partial charge in [0.25, 0.3) is 0 Å². The normalized spacial score (nSPS) is 17.0. The number of rotatable bonds is 1. The van der Waals surface area contributed by atoms with Crippen molar-refractivity contribution in [3.8, 4) is 0 Å². The van der Waals surface area contributed by atoms with Gasteiger partial charge in [0.2, 0.25) is 0 Å². The van der Waals surface area contributed by atoms with Crippen molar-refractivity contribution in [2.45, 2.75) is 26.2 Å². The van der Waals surface area contributed by atoms with Gasteiger partial charge < -0.3 is 5.73 Å². The third-order valence-corrected chi connectivity index (χ3v) is 2.99. The Morgan fingerprint density at radius 2 is 1.93 bits per heavy atom. The van der Waals surface area contributed by atoms with Crippen LogP contribution in [0.15, 0.2) is 29.8 Å². The SMILES string of the molecule is CC1=C(c2ccccc2N)CCCC1=O. The standard InChI is InChI=1S/C13H15NO/c1-9-10(6-4-8-13(9)15)11-5-2-3-7-12(11)14/h2-3,5,7H,4,6,8,14H2,1H3. The molecule has 0 heterocycles. The third kappa shape index (κ3) is 1.80. The van der Waals surface area contributed by atoms with Crippen molar-refractivity contribution in [2.75, 3.05) is 5.73 Å². The Labute approximate surface area is 89.8 Å². The van der Waals surface area contributed by atoms with Crippen LogP contribution < -0.4 is 5.73 Å². The lowest BCUT2D eigenvalue weighted by Crippen LogP contribution is -2.09. The van der Waals surface area contributed by atoms with Crippen molar-refractivity contribution in [1.29, 1.82) is 0 Å². The molecule has 1 aliphatic carbocycles. The summed E-state index contributed by atoms with van der Waals surface area (Å²) in [6, 6.07) is 7.76. The fraction of sp³-hybridized carbons (Fsp3) is 0.308. The van der Waals surface area contributed by atoms with E-state index in [4.69, 9.17) is 5.73 Å². The predicted octanol–water partition coefficient (Wildman–Crippen LogP) is 2.80. The summed E-state index contributed by atoms with van der Waals surface area (Å²) in [4.78, 5) is 11.6. The van der Waals surface area contributed by atoms with E-state index < -0.39 is 0 Å². The van der Waals surface area contributed by atoms with E-state index >= 15 is 0 Å². The number of anilines is 1. The molecule has 0 radical (unpaired) electrons. The Hall–Kier alpha value is -1.57. The maximum atomic E-state index is 11.6. The summed E-state index contributed by atoms with van der Waals surface area (Å²) in [7, 11) is 0. The molecule has 2 rings (SSSR count). The summed E-state index contributed by atoms with van der Waals surface area (Å²) in [5.41, 5.74) is 9.73. The van der Waals surface area contributed by atoms with E-state index in [1.165, 1.54) is 0 Å². The van der Waals surface area contributed by atoms with Crippen molar-refractivity contribution < 1.29 is 4.79 Å². The summed E-state index contributed by atoms with van der Waals surface area (Å²) in [6.07, 6.45) is 2.59. The van der Waals surface area contributed by atoms with Gasteiger partial charge in [-0.15, -0.1) is 0 Å². The first-order valence-corrected chi connectivity index (χ1v) is 5.28. The van der Waals surface area contributed by atoms with Gasteiger partial charge in [-0.05, 0) is 37.0 Å². The second-order valence-corrected chi connectivity index (χ2v) is 3.97. The van der Waals surface area contributed by atoms with E-state index in [0.717, 1.165) is 35.2 Å². The lowest BCUT2D eigenvalue weighted by Gasteiger charge is -2.18. The van der Waals surface area contributed by atoms with E-state index in [1.54, 1.807) is 0 Å². The van der Waals surface area contributed by atoms with Crippen LogP contribution >= 0.6 is 0 Å². The van der Waals surface area contributed by atoms with Crippen molar-refractivity contribution in [3.05, 3.63) is 35.4 Å². The van der Waals surface area contributed by atoms with Gasteiger partial charge >= 0.3 is 0 Å². The molecule has 0 aliphatic heterocycles. The number of hydrogen-bond donors (Lipinski definition) is 1. The summed E-state index contributed by atoms with van der Waals surface area (Å²) in [6.45, 7) is 1.91. The Bertz CT molecular complexity index is 432. The number of nitrogens with two attached hydrogens (primary N) is 1. The molecule has 0 fully saturated rings. The second-order valence-electron chi connectivity index (χ2n) is 3.97. The first-order chi connectivity index (χ1) is 7.20. The molecule has 2 N–H and O–H groups in total. The van der Waals surface area contributed by atoms with Crippen LogP contribution in [0.4, 0.5) is 5.69 Å². The number of para-hydroxylation sites is 1. The van der Waals surface area contributed by atoms with Gasteiger partial charge in [-0.1, -0.05) is 18.2 Å². The van der Waals surface area contributed by atoms with Gasteiger partial charge in [0, 0.05) is 17.7 Å². The number of Topliss-reactive ketones (excluding diaryl/α,β-unsaturated/α-hetero) is 1. The number of benzene rings is 1. The molecule has 0 atom stereocenters. The number of nitrogen functional groups attached to an aromatic ring is 1. The topological polar surface area (TPSA) is 43.1 Å². The molecule has 1 aliphatic rings. The van der Waals surface area contributed by atoms with Crippen molar-refractivity contribution in [3.63, 3.8) is 0 Å². The molecule has 0 spiro atoms. The van der Waals surface area contributed by atoms with Crippen LogP contribution in [-0.2, 0) is 4.79 Å². The van der Waals surface area contributed by atoms with Gasteiger partial charge in [-0.25, -0.2) is 0 Å². The van der Waals surface area contributed by atoms with Crippen LogP contribution in [-0.4, -0.2) is 5.78 Å². The maximum absolute atomic E-state index is 11.6. The molecule has 0 amide bonds. The lowest BCUT2D eigenvalue weighted by atomic mass is 9.87. The molecule has 2 heteroatoms. The first-order valence-electron chi connectivity index (χ1n) is 5.28. The fourth-order valence-corrected chi connectivity index (χ4v) is 2.08. The van der Waals surface area contributed by atoms with Crippen LogP contribution in [0.1, 0.15) is 31.7 Å². The highest BCUT2D eigenvalue weighted by Crippen LogP contribution is 2.32. The highest BCUT2D eigenvalue weighted by molar-refractivity contribution is 6.04. The van der Waals surface area contributed by atoms with Gasteiger partial charge in [0.05, 0.1) is 0 Å². The van der Waals surface area contributed by atoms with Crippen LogP contribution in [0.5, 0.6) is 0 Å². The van der Waals surface area contributed by atoms with Crippen LogP contribution in [0, 0.1) is 0 Å². The molecule has 78 valence electrons. The fourth-order valence-electron chi connectivity index (χ4n) is 2.08. The van der Waals surface area contributed by atoms with E-state index in [9.17, 15) is 4.79 Å². The molecule has 15 heavy (non-hydrogen) atoms.